The van der Waals surface area contributed by atoms with Crippen molar-refractivity contribution in [1.82, 2.24) is 19.8 Å². The summed E-state index contributed by atoms with van der Waals surface area (Å²) in [6, 6.07) is 0. The van der Waals surface area contributed by atoms with E-state index in [2.05, 4.69) is 15.5 Å². The molecule has 2 heterocycles. The maximum Gasteiger partial charge on any atom is 0.340 e. The molecular formula is C8H10N4O5S. The van der Waals surface area contributed by atoms with Crippen LogP contribution in [0.5, 0.6) is 0 Å². The lowest BCUT2D eigenvalue weighted by Gasteiger charge is -2.25. The number of hydrogen-bond acceptors (Lipinski definition) is 5. The maximum atomic E-state index is 12.1. The summed E-state index contributed by atoms with van der Waals surface area (Å²) in [4.78, 5) is 22.0. The lowest BCUT2D eigenvalue weighted by molar-refractivity contribution is -0.122. The van der Waals surface area contributed by atoms with E-state index in [0.717, 1.165) is 10.5 Å². The van der Waals surface area contributed by atoms with Crippen molar-refractivity contribution in [2.24, 2.45) is 0 Å². The highest BCUT2D eigenvalue weighted by atomic mass is 32.2. The van der Waals surface area contributed by atoms with Crippen molar-refractivity contribution in [1.29, 1.82) is 0 Å². The predicted octanol–water partition coefficient (Wildman–Crippen LogP) is -1.77. The minimum Gasteiger partial charge on any atom is -0.478 e. The molecule has 98 valence electrons. The number of H-pyrrole nitrogens is 1. The van der Waals surface area contributed by atoms with Gasteiger partial charge in [0.2, 0.25) is 5.91 Å². The second kappa shape index (κ2) is 4.38. The zero-order chi connectivity index (χ0) is 13.3. The van der Waals surface area contributed by atoms with Gasteiger partial charge in [0.05, 0.1) is 12.7 Å². The molecule has 18 heavy (non-hydrogen) atoms. The number of rotatable bonds is 3. The zero-order valence-electron chi connectivity index (χ0n) is 9.08. The molecule has 0 saturated carbocycles. The second-order valence-corrected chi connectivity index (χ2v) is 5.48. The number of aromatic nitrogens is 2. The first-order valence-corrected chi connectivity index (χ1v) is 6.40. The van der Waals surface area contributed by atoms with Crippen molar-refractivity contribution in [3.8, 4) is 0 Å². The van der Waals surface area contributed by atoms with Crippen LogP contribution in [-0.4, -0.2) is 59.5 Å². The third-order valence-corrected chi connectivity index (χ3v) is 4.25. The second-order valence-electron chi connectivity index (χ2n) is 3.61. The largest absolute Gasteiger partial charge is 0.478 e. The smallest absolute Gasteiger partial charge is 0.340 e. The lowest BCUT2D eigenvalue weighted by atomic mass is 10.4. The van der Waals surface area contributed by atoms with Crippen LogP contribution in [0.2, 0.25) is 0 Å². The Hall–Kier alpha value is -1.94. The van der Waals surface area contributed by atoms with Crippen LogP contribution in [0.15, 0.2) is 11.2 Å². The fourth-order valence-corrected chi connectivity index (χ4v) is 3.04. The average molecular weight is 274 g/mol. The van der Waals surface area contributed by atoms with Gasteiger partial charge >= 0.3 is 5.97 Å². The molecule has 1 aromatic heterocycles. The number of piperazine rings is 1. The lowest BCUT2D eigenvalue weighted by Crippen LogP contribution is -2.50. The van der Waals surface area contributed by atoms with Crippen molar-refractivity contribution in [3.63, 3.8) is 0 Å². The molecule has 9 nitrogen and oxygen atoms in total. The van der Waals surface area contributed by atoms with Gasteiger partial charge in [-0.05, 0) is 0 Å². The molecule has 1 saturated heterocycles. The molecule has 0 unspecified atom stereocenters. The number of aromatic amines is 1. The van der Waals surface area contributed by atoms with Gasteiger partial charge in [0.15, 0.2) is 5.03 Å². The van der Waals surface area contributed by atoms with Crippen molar-refractivity contribution >= 4 is 21.9 Å². The third-order valence-electron chi connectivity index (χ3n) is 2.44. The highest BCUT2D eigenvalue weighted by Crippen LogP contribution is 2.17. The Labute approximate surface area is 102 Å². The Morgan fingerprint density at radius 2 is 2.22 bits per heavy atom. The van der Waals surface area contributed by atoms with Crippen LogP contribution in [-0.2, 0) is 14.8 Å². The van der Waals surface area contributed by atoms with E-state index in [1.165, 1.54) is 0 Å². The zero-order valence-corrected chi connectivity index (χ0v) is 9.90. The molecule has 0 aliphatic carbocycles. The Bertz CT molecular complexity index is 592. The number of amides is 1. The molecule has 10 heteroatoms. The van der Waals surface area contributed by atoms with Crippen LogP contribution in [0.1, 0.15) is 10.4 Å². The molecule has 2 rings (SSSR count). The van der Waals surface area contributed by atoms with E-state index < -0.39 is 32.5 Å². The molecule has 3 N–H and O–H groups in total. The van der Waals surface area contributed by atoms with E-state index in [-0.39, 0.29) is 19.6 Å². The van der Waals surface area contributed by atoms with E-state index >= 15 is 0 Å². The quantitative estimate of drug-likeness (QED) is 0.597. The minimum atomic E-state index is -4.05. The number of hydrogen-bond donors (Lipinski definition) is 3. The first kappa shape index (κ1) is 12.5. The van der Waals surface area contributed by atoms with Gasteiger partial charge in [-0.3, -0.25) is 9.89 Å². The van der Waals surface area contributed by atoms with Gasteiger partial charge in [0.25, 0.3) is 10.0 Å². The number of nitrogens with one attached hydrogen (secondary N) is 2. The van der Waals surface area contributed by atoms with Crippen molar-refractivity contribution in [3.05, 3.63) is 11.8 Å². The summed E-state index contributed by atoms with van der Waals surface area (Å²) in [5.74, 6) is -1.83. The van der Waals surface area contributed by atoms with Crippen molar-refractivity contribution in [2.75, 3.05) is 19.6 Å². The summed E-state index contributed by atoms with van der Waals surface area (Å²) < 4.78 is 25.2. The van der Waals surface area contributed by atoms with E-state index in [1.54, 1.807) is 0 Å². The molecule has 1 amide bonds. The van der Waals surface area contributed by atoms with Crippen LogP contribution < -0.4 is 5.32 Å². The van der Waals surface area contributed by atoms with Gasteiger partial charge in [-0.1, -0.05) is 0 Å². The topological polar surface area (TPSA) is 132 Å². The number of carboxylic acid groups (broad SMARTS) is 1. The highest BCUT2D eigenvalue weighted by molar-refractivity contribution is 7.89. The number of nitrogens with zero attached hydrogens (tertiary/aromatic N) is 2. The first-order chi connectivity index (χ1) is 8.43. The van der Waals surface area contributed by atoms with Crippen LogP contribution in [0.25, 0.3) is 0 Å². The van der Waals surface area contributed by atoms with Gasteiger partial charge in [0, 0.05) is 13.1 Å². The molecular weight excluding hydrogens is 264 g/mol. The van der Waals surface area contributed by atoms with E-state index in [0.29, 0.717) is 0 Å². The van der Waals surface area contributed by atoms with Gasteiger partial charge < -0.3 is 10.4 Å². The van der Waals surface area contributed by atoms with E-state index in [9.17, 15) is 18.0 Å². The monoisotopic (exact) mass is 274 g/mol. The molecule has 0 aromatic carbocycles. The van der Waals surface area contributed by atoms with Crippen LogP contribution in [0.4, 0.5) is 0 Å². The van der Waals surface area contributed by atoms with Gasteiger partial charge in [0.1, 0.15) is 5.56 Å². The van der Waals surface area contributed by atoms with Crippen LogP contribution in [0.3, 0.4) is 0 Å². The summed E-state index contributed by atoms with van der Waals surface area (Å²) >= 11 is 0. The summed E-state index contributed by atoms with van der Waals surface area (Å²) in [7, 11) is -4.05. The Morgan fingerprint density at radius 3 is 2.83 bits per heavy atom. The standard InChI is InChI=1S/C8H10N4O5S/c13-6-4-12(2-1-9-6)18(16,17)7-5(8(14)15)3-10-11-7/h3H,1-2,4H2,(H,9,13)(H,10,11)(H,14,15). The fraction of sp³-hybridized carbons (Fsp3) is 0.375. The number of carbonyl (C=O) groups is 2. The van der Waals surface area contributed by atoms with Gasteiger partial charge in [-0.25, -0.2) is 13.2 Å². The van der Waals surface area contributed by atoms with Crippen molar-refractivity contribution < 1.29 is 23.1 Å². The molecule has 0 bridgehead atoms. The molecule has 1 aromatic rings. The molecule has 0 atom stereocenters. The summed E-state index contributed by atoms with van der Waals surface area (Å²) in [6.45, 7) is -0.0544. The fourth-order valence-electron chi connectivity index (χ4n) is 1.57. The number of aromatic carboxylic acids is 1. The predicted molar refractivity (Wildman–Crippen MR) is 57.3 cm³/mol. The minimum absolute atomic E-state index is 0.0894. The van der Waals surface area contributed by atoms with Gasteiger partial charge in [-0.15, -0.1) is 0 Å². The first-order valence-electron chi connectivity index (χ1n) is 4.96. The Kier molecular flexibility index (Phi) is 3.05. The Morgan fingerprint density at radius 1 is 1.50 bits per heavy atom. The van der Waals surface area contributed by atoms with Crippen LogP contribution in [0, 0.1) is 0 Å². The van der Waals surface area contributed by atoms with E-state index in [4.69, 9.17) is 5.11 Å². The summed E-state index contributed by atoms with van der Waals surface area (Å²) in [5.41, 5.74) is -0.444. The molecule has 0 spiro atoms. The summed E-state index contributed by atoms with van der Waals surface area (Å²) in [5, 5.41) is 16.4. The SMILES string of the molecule is O=C1CN(S(=O)(=O)c2[nH]ncc2C(=O)O)CCN1. The summed E-state index contributed by atoms with van der Waals surface area (Å²) in [6.07, 6.45) is 0.916. The number of sulfonamides is 1. The highest BCUT2D eigenvalue weighted by Gasteiger charge is 2.33. The van der Waals surface area contributed by atoms with E-state index in [1.807, 2.05) is 0 Å². The maximum absolute atomic E-state index is 12.1. The molecule has 1 fully saturated rings. The molecule has 1 aliphatic rings. The normalized spacial score (nSPS) is 17.4. The number of carbonyl (C=O) groups excluding carboxylic acids is 1. The van der Waals surface area contributed by atoms with Gasteiger partial charge in [-0.2, -0.15) is 9.40 Å². The van der Waals surface area contributed by atoms with Crippen LogP contribution >= 0.6 is 0 Å². The Balaban J connectivity index is 2.38. The average Bonchev–Trinajstić information content (AvgIpc) is 2.78. The third kappa shape index (κ3) is 2.07. The van der Waals surface area contributed by atoms with Crippen molar-refractivity contribution in [2.45, 2.75) is 5.03 Å². The molecule has 1 aliphatic heterocycles. The molecule has 0 radical (unpaired) electrons. The number of carboxylic acids is 1.